The number of halogens is 3. The molecular formula is C16H36F3NO2. The van der Waals surface area contributed by atoms with E-state index in [1.165, 1.54) is 25.7 Å². The molecule has 0 radical (unpaired) electrons. The largest absolute Gasteiger partial charge is 0.446 e. The first-order valence-corrected chi connectivity index (χ1v) is 8.06. The molecule has 0 fully saturated rings. The molecule has 1 N–H and O–H groups in total. The van der Waals surface area contributed by atoms with Gasteiger partial charge in [-0.15, -0.1) is 0 Å². The molecule has 22 heavy (non-hydrogen) atoms. The fourth-order valence-electron chi connectivity index (χ4n) is 0.943. The molecule has 3 nitrogen and oxygen atoms in total. The van der Waals surface area contributed by atoms with Crippen molar-refractivity contribution >= 4 is 6.29 Å². The average Bonchev–Trinajstić information content (AvgIpc) is 2.49. The normalized spacial score (nSPS) is 10.8. The molecule has 0 aliphatic carbocycles. The monoisotopic (exact) mass is 331 g/mol. The summed E-state index contributed by atoms with van der Waals surface area (Å²) in [6.07, 6.45) is -0.738. The highest BCUT2D eigenvalue weighted by atomic mass is 19.4. The van der Waals surface area contributed by atoms with Crippen molar-refractivity contribution in [1.82, 2.24) is 5.32 Å². The predicted octanol–water partition coefficient (Wildman–Crippen LogP) is 4.99. The number of unbranched alkanes of at least 4 members (excludes halogenated alkanes) is 1. The molecule has 0 aromatic heterocycles. The Balaban J connectivity index is -0.000000124. The molecule has 1 atom stereocenters. The van der Waals surface area contributed by atoms with Gasteiger partial charge in [0.2, 0.25) is 6.29 Å². The van der Waals surface area contributed by atoms with Crippen molar-refractivity contribution in [2.45, 2.75) is 79.4 Å². The maximum absolute atomic E-state index is 10.4. The van der Waals surface area contributed by atoms with Crippen molar-refractivity contribution in [2.75, 3.05) is 20.3 Å². The second kappa shape index (κ2) is 25.3. The molecule has 0 aliphatic rings. The van der Waals surface area contributed by atoms with Gasteiger partial charge in [-0.05, 0) is 40.2 Å². The van der Waals surface area contributed by atoms with Crippen LogP contribution in [0.5, 0.6) is 0 Å². The van der Waals surface area contributed by atoms with Crippen LogP contribution in [0.1, 0.15) is 67.2 Å². The standard InChI is InChI=1S/C9H21NO.C3H8.C2HF3O.C2H6/c1-4-11-8-6-5-7-9(2)10-3;1-3-2;3-2(4,5)1-6;1-2/h9-10H,4-8H2,1-3H3;3H2,1-2H3;1H;1-2H3. The van der Waals surface area contributed by atoms with E-state index < -0.39 is 12.5 Å². The molecule has 0 heterocycles. The van der Waals surface area contributed by atoms with E-state index in [1.807, 2.05) is 27.8 Å². The first kappa shape index (κ1) is 29.4. The quantitative estimate of drug-likeness (QED) is 0.527. The van der Waals surface area contributed by atoms with Crippen LogP contribution in [0.4, 0.5) is 13.2 Å². The van der Waals surface area contributed by atoms with Gasteiger partial charge in [0.25, 0.3) is 0 Å². The van der Waals surface area contributed by atoms with Crippen LogP contribution in [-0.4, -0.2) is 38.8 Å². The molecule has 1 unspecified atom stereocenters. The lowest BCUT2D eigenvalue weighted by molar-refractivity contribution is -0.156. The van der Waals surface area contributed by atoms with Gasteiger partial charge in [0.1, 0.15) is 0 Å². The third kappa shape index (κ3) is 50.6. The zero-order chi connectivity index (χ0) is 18.4. The Labute approximate surface area is 135 Å². The van der Waals surface area contributed by atoms with E-state index in [-0.39, 0.29) is 0 Å². The van der Waals surface area contributed by atoms with Crippen molar-refractivity contribution in [3.8, 4) is 0 Å². The van der Waals surface area contributed by atoms with Gasteiger partial charge < -0.3 is 10.1 Å². The summed E-state index contributed by atoms with van der Waals surface area (Å²) in [4.78, 5) is 8.70. The van der Waals surface area contributed by atoms with Crippen molar-refractivity contribution in [2.24, 2.45) is 0 Å². The number of nitrogens with one attached hydrogen (secondary N) is 1. The highest BCUT2D eigenvalue weighted by Crippen LogP contribution is 2.08. The smallest absolute Gasteiger partial charge is 0.382 e. The van der Waals surface area contributed by atoms with Crippen LogP contribution in [0, 0.1) is 0 Å². The van der Waals surface area contributed by atoms with Crippen LogP contribution in [-0.2, 0) is 9.53 Å². The van der Waals surface area contributed by atoms with E-state index in [2.05, 4.69) is 26.1 Å². The van der Waals surface area contributed by atoms with Crippen LogP contribution >= 0.6 is 0 Å². The van der Waals surface area contributed by atoms with Crippen LogP contribution < -0.4 is 5.32 Å². The minimum absolute atomic E-state index is 0.650. The zero-order valence-corrected chi connectivity index (χ0v) is 15.3. The first-order chi connectivity index (χ1) is 10.3. The van der Waals surface area contributed by atoms with E-state index >= 15 is 0 Å². The highest BCUT2D eigenvalue weighted by Gasteiger charge is 2.24. The third-order valence-corrected chi connectivity index (χ3v) is 2.01. The number of hydrogen-bond donors (Lipinski definition) is 1. The number of carbonyl (C=O) groups is 1. The lowest BCUT2D eigenvalue weighted by Gasteiger charge is -2.08. The zero-order valence-electron chi connectivity index (χ0n) is 15.3. The summed E-state index contributed by atoms with van der Waals surface area (Å²) in [7, 11) is 2.01. The molecule has 0 aromatic carbocycles. The lowest BCUT2D eigenvalue weighted by atomic mass is 10.1. The van der Waals surface area contributed by atoms with Gasteiger partial charge in [0, 0.05) is 19.3 Å². The summed E-state index contributed by atoms with van der Waals surface area (Å²) in [5.74, 6) is 0. The van der Waals surface area contributed by atoms with E-state index in [4.69, 9.17) is 9.53 Å². The number of ether oxygens (including phenoxy) is 1. The SMILES string of the molecule is CC.CCC.CCOCCCCC(C)NC.O=CC(F)(F)F. The summed E-state index contributed by atoms with van der Waals surface area (Å²) in [6, 6.07) is 0.650. The van der Waals surface area contributed by atoms with Crippen LogP contribution in [0.25, 0.3) is 0 Å². The average molecular weight is 331 g/mol. The highest BCUT2D eigenvalue weighted by molar-refractivity contribution is 5.56. The number of aldehydes is 1. The lowest BCUT2D eigenvalue weighted by Crippen LogP contribution is -2.20. The van der Waals surface area contributed by atoms with Crippen LogP contribution in [0.2, 0.25) is 0 Å². The Hall–Kier alpha value is -0.620. The second-order valence-electron chi connectivity index (χ2n) is 4.25. The molecule has 6 heteroatoms. The van der Waals surface area contributed by atoms with Crippen LogP contribution in [0.15, 0.2) is 0 Å². The van der Waals surface area contributed by atoms with Gasteiger partial charge in [-0.1, -0.05) is 34.1 Å². The molecule has 0 spiro atoms. The van der Waals surface area contributed by atoms with E-state index in [0.717, 1.165) is 13.2 Å². The van der Waals surface area contributed by atoms with Crippen molar-refractivity contribution in [3.63, 3.8) is 0 Å². The number of alkyl halides is 3. The summed E-state index contributed by atoms with van der Waals surface area (Å²) in [6.45, 7) is 14.3. The van der Waals surface area contributed by atoms with Gasteiger partial charge in [0.05, 0.1) is 0 Å². The Morgan fingerprint density at radius 3 is 1.82 bits per heavy atom. The Morgan fingerprint density at radius 2 is 1.55 bits per heavy atom. The molecule has 0 bridgehead atoms. The summed E-state index contributed by atoms with van der Waals surface area (Å²) in [5.41, 5.74) is 0. The maximum Gasteiger partial charge on any atom is 0.446 e. The van der Waals surface area contributed by atoms with E-state index in [0.29, 0.717) is 6.04 Å². The van der Waals surface area contributed by atoms with Crippen molar-refractivity contribution < 1.29 is 22.7 Å². The Kier molecular flexibility index (Phi) is 33.9. The molecule has 0 saturated heterocycles. The van der Waals surface area contributed by atoms with Gasteiger partial charge in [-0.2, -0.15) is 13.2 Å². The molecule has 0 amide bonds. The number of hydrogen-bond acceptors (Lipinski definition) is 3. The van der Waals surface area contributed by atoms with Gasteiger partial charge in [-0.25, -0.2) is 0 Å². The predicted molar refractivity (Wildman–Crippen MR) is 88.3 cm³/mol. The topological polar surface area (TPSA) is 38.3 Å². The van der Waals surface area contributed by atoms with Gasteiger partial charge in [0.15, 0.2) is 0 Å². The van der Waals surface area contributed by atoms with Crippen molar-refractivity contribution in [3.05, 3.63) is 0 Å². The molecule has 0 rings (SSSR count). The number of rotatable bonds is 7. The van der Waals surface area contributed by atoms with Gasteiger partial charge in [-0.3, -0.25) is 4.79 Å². The fourth-order valence-corrected chi connectivity index (χ4v) is 0.943. The minimum atomic E-state index is -4.64. The van der Waals surface area contributed by atoms with Gasteiger partial charge >= 0.3 is 6.18 Å². The molecule has 0 saturated carbocycles. The third-order valence-electron chi connectivity index (χ3n) is 2.01. The van der Waals surface area contributed by atoms with E-state index in [9.17, 15) is 13.2 Å². The molecule has 0 aliphatic heterocycles. The van der Waals surface area contributed by atoms with Crippen molar-refractivity contribution in [1.29, 1.82) is 0 Å². The molecular weight excluding hydrogens is 295 g/mol. The first-order valence-electron chi connectivity index (χ1n) is 8.06. The fraction of sp³-hybridized carbons (Fsp3) is 0.938. The van der Waals surface area contributed by atoms with E-state index in [1.54, 1.807) is 0 Å². The summed E-state index contributed by atoms with van der Waals surface area (Å²) < 4.78 is 36.5. The molecule has 138 valence electrons. The maximum atomic E-state index is 10.4. The molecule has 0 aromatic rings. The number of carbonyl (C=O) groups excluding carboxylic acids is 1. The minimum Gasteiger partial charge on any atom is -0.382 e. The Morgan fingerprint density at radius 1 is 1.14 bits per heavy atom. The van der Waals surface area contributed by atoms with Crippen LogP contribution in [0.3, 0.4) is 0 Å². The summed E-state index contributed by atoms with van der Waals surface area (Å²) >= 11 is 0. The Bertz CT molecular complexity index is 189. The second-order valence-corrected chi connectivity index (χ2v) is 4.25. The summed E-state index contributed by atoms with van der Waals surface area (Å²) in [5, 5.41) is 3.22.